The number of hydrogen-bond acceptors (Lipinski definition) is 13. The van der Waals surface area contributed by atoms with Crippen molar-refractivity contribution in [3.63, 3.8) is 0 Å². The number of ether oxygens (including phenoxy) is 4. The molecule has 330 valence electrons. The molecule has 2 N–H and O–H groups in total. The number of hydrogen-bond donors (Lipinski definition) is 2. The molecule has 63 heavy (non-hydrogen) atoms. The topological polar surface area (TPSA) is 172 Å². The van der Waals surface area contributed by atoms with E-state index in [1.165, 1.54) is 21.9 Å². The number of benzene rings is 5. The molecule has 0 aliphatic carbocycles. The number of carboxylic acid groups (broad SMARTS) is 1. The minimum Gasteiger partial charge on any atom is -0.508 e. The molecule has 0 bridgehead atoms. The second kappa shape index (κ2) is 25.8. The predicted molar refractivity (Wildman–Crippen MR) is 233 cm³/mol. The van der Waals surface area contributed by atoms with Gasteiger partial charge in [0.25, 0.3) is 0 Å². The van der Waals surface area contributed by atoms with Crippen LogP contribution < -0.4 is 0 Å². The first-order valence-corrected chi connectivity index (χ1v) is 20.6. The van der Waals surface area contributed by atoms with Gasteiger partial charge in [0.2, 0.25) is 0 Å². The van der Waals surface area contributed by atoms with Crippen LogP contribution >= 0.6 is 0 Å². The van der Waals surface area contributed by atoms with Crippen molar-refractivity contribution in [2.24, 2.45) is 0 Å². The number of phenolic OH excluding ortho intramolecular Hbond substituents is 1. The molecular formula is C49H53N3O11. The molecule has 0 aliphatic heterocycles. The third kappa shape index (κ3) is 17.9. The van der Waals surface area contributed by atoms with E-state index in [4.69, 9.17) is 18.9 Å². The van der Waals surface area contributed by atoms with Crippen LogP contribution in [-0.2, 0) is 75.8 Å². The molecule has 0 saturated heterocycles. The minimum absolute atomic E-state index is 0.0171. The van der Waals surface area contributed by atoms with Crippen LogP contribution in [0.15, 0.2) is 146 Å². The highest BCUT2D eigenvalue weighted by Crippen LogP contribution is 2.16. The lowest BCUT2D eigenvalue weighted by Crippen LogP contribution is -2.51. The van der Waals surface area contributed by atoms with Gasteiger partial charge >= 0.3 is 29.8 Å². The van der Waals surface area contributed by atoms with Gasteiger partial charge < -0.3 is 29.2 Å². The zero-order valence-corrected chi connectivity index (χ0v) is 35.0. The Kier molecular flexibility index (Phi) is 19.3. The van der Waals surface area contributed by atoms with Gasteiger partial charge in [-0.1, -0.05) is 133 Å². The fourth-order valence-corrected chi connectivity index (χ4v) is 6.48. The first-order chi connectivity index (χ1) is 30.6. The largest absolute Gasteiger partial charge is 0.508 e. The second-order valence-electron chi connectivity index (χ2n) is 14.8. The summed E-state index contributed by atoms with van der Waals surface area (Å²) in [6, 6.07) is 41.6. The van der Waals surface area contributed by atoms with Crippen LogP contribution in [0.5, 0.6) is 5.75 Å². The molecule has 5 aromatic carbocycles. The molecule has 1 unspecified atom stereocenters. The Bertz CT molecular complexity index is 1920. The highest BCUT2D eigenvalue weighted by Gasteiger charge is 2.29. The maximum absolute atomic E-state index is 13.2. The summed E-state index contributed by atoms with van der Waals surface area (Å²) < 4.78 is 22.2. The first kappa shape index (κ1) is 47.2. The minimum atomic E-state index is -1.16. The number of carbonyl (C=O) groups is 5. The van der Waals surface area contributed by atoms with E-state index in [2.05, 4.69) is 0 Å². The molecule has 0 fully saturated rings. The quantitative estimate of drug-likeness (QED) is 0.0545. The Morgan fingerprint density at radius 3 is 1.00 bits per heavy atom. The van der Waals surface area contributed by atoms with Gasteiger partial charge in [0.05, 0.1) is 26.2 Å². The van der Waals surface area contributed by atoms with Crippen LogP contribution in [0.1, 0.15) is 27.8 Å². The molecule has 0 amide bonds. The number of carbonyl (C=O) groups excluding carboxylic acids is 4. The highest BCUT2D eigenvalue weighted by molar-refractivity contribution is 5.76. The third-order valence-corrected chi connectivity index (χ3v) is 9.88. The van der Waals surface area contributed by atoms with E-state index >= 15 is 0 Å². The van der Waals surface area contributed by atoms with Crippen LogP contribution in [0.2, 0.25) is 0 Å². The van der Waals surface area contributed by atoms with Gasteiger partial charge in [-0.3, -0.25) is 38.7 Å². The molecule has 5 aromatic rings. The third-order valence-electron chi connectivity index (χ3n) is 9.88. The fourth-order valence-electron chi connectivity index (χ4n) is 6.48. The van der Waals surface area contributed by atoms with E-state index < -0.39 is 35.9 Å². The maximum atomic E-state index is 13.2. The molecule has 0 radical (unpaired) electrons. The van der Waals surface area contributed by atoms with Gasteiger partial charge in [-0.05, 0) is 46.4 Å². The van der Waals surface area contributed by atoms with Crippen molar-refractivity contribution in [1.82, 2.24) is 14.7 Å². The molecule has 14 heteroatoms. The molecule has 0 aromatic heterocycles. The average Bonchev–Trinajstić information content (AvgIpc) is 3.30. The normalized spacial score (nSPS) is 11.5. The maximum Gasteiger partial charge on any atom is 0.321 e. The van der Waals surface area contributed by atoms with E-state index in [0.29, 0.717) is 5.56 Å². The average molecular weight is 860 g/mol. The van der Waals surface area contributed by atoms with E-state index in [1.807, 2.05) is 121 Å². The van der Waals surface area contributed by atoms with Crippen LogP contribution in [0.25, 0.3) is 0 Å². The van der Waals surface area contributed by atoms with E-state index in [9.17, 15) is 34.2 Å². The Balaban J connectivity index is 1.34. The van der Waals surface area contributed by atoms with Crippen LogP contribution in [-0.4, -0.2) is 113 Å². The molecule has 0 spiro atoms. The lowest BCUT2D eigenvalue weighted by molar-refractivity contribution is -0.151. The van der Waals surface area contributed by atoms with Gasteiger partial charge in [-0.2, -0.15) is 0 Å². The van der Waals surface area contributed by atoms with Gasteiger partial charge in [-0.25, -0.2) is 0 Å². The number of aromatic hydroxyl groups is 1. The number of esters is 4. The summed E-state index contributed by atoms with van der Waals surface area (Å²) in [5, 5.41) is 20.6. The van der Waals surface area contributed by atoms with Crippen LogP contribution in [0, 0.1) is 0 Å². The van der Waals surface area contributed by atoms with Gasteiger partial charge in [-0.15, -0.1) is 0 Å². The fraction of sp³-hybridized carbons (Fsp3) is 0.286. The van der Waals surface area contributed by atoms with Crippen molar-refractivity contribution in [2.75, 3.05) is 52.4 Å². The zero-order valence-electron chi connectivity index (χ0n) is 35.0. The molecule has 5 rings (SSSR count). The number of phenols is 1. The summed E-state index contributed by atoms with van der Waals surface area (Å²) in [5.41, 5.74) is 3.74. The number of aliphatic carboxylic acids is 1. The standard InChI is InChI=1S/C49H53N3O11/c53-43-23-21-38(22-24-43)29-44(49(58)59)52(27-25-50(30-45(54)60-34-39-13-5-1-6-14-39)31-46(55)61-35-40-15-7-2-8-16-40)28-26-51(32-47(56)62-36-41-17-9-3-10-18-41)33-48(57)63-37-42-19-11-4-12-20-42/h1-24,44,53H,25-37H2,(H,58,59). The van der Waals surface area contributed by atoms with Gasteiger partial charge in [0.15, 0.2) is 0 Å². The molecule has 1 atom stereocenters. The molecule has 14 nitrogen and oxygen atoms in total. The lowest BCUT2D eigenvalue weighted by Gasteiger charge is -2.33. The molecule has 0 heterocycles. The smallest absolute Gasteiger partial charge is 0.321 e. The SMILES string of the molecule is O=C(CN(CCN(CCN(CC(=O)OCc1ccccc1)CC(=O)OCc1ccccc1)C(Cc1ccc(O)cc1)C(=O)O)CC(=O)OCc1ccccc1)OCc1ccccc1. The summed E-state index contributed by atoms with van der Waals surface area (Å²) in [5.74, 6) is -3.55. The predicted octanol–water partition coefficient (Wildman–Crippen LogP) is 5.27. The number of rotatable bonds is 26. The Labute approximate surface area is 367 Å². The van der Waals surface area contributed by atoms with Crippen molar-refractivity contribution in [2.45, 2.75) is 38.9 Å². The second-order valence-corrected chi connectivity index (χ2v) is 14.8. The van der Waals surface area contributed by atoms with E-state index in [1.54, 1.807) is 17.0 Å². The van der Waals surface area contributed by atoms with Crippen LogP contribution in [0.3, 0.4) is 0 Å². The Hall–Kier alpha value is -6.87. The van der Waals surface area contributed by atoms with Crippen molar-refractivity contribution >= 4 is 29.8 Å². The number of nitrogens with zero attached hydrogens (tertiary/aromatic N) is 3. The summed E-state index contributed by atoms with van der Waals surface area (Å²) in [6.07, 6.45) is 0.0199. The molecule has 0 aliphatic rings. The molecule has 0 saturated carbocycles. The van der Waals surface area contributed by atoms with Crippen molar-refractivity contribution in [1.29, 1.82) is 0 Å². The highest BCUT2D eigenvalue weighted by atomic mass is 16.5. The molecular weight excluding hydrogens is 807 g/mol. The zero-order chi connectivity index (χ0) is 44.7. The Morgan fingerprint density at radius 1 is 0.413 bits per heavy atom. The summed E-state index contributed by atoms with van der Waals surface area (Å²) >= 11 is 0. The van der Waals surface area contributed by atoms with E-state index in [0.717, 1.165) is 22.3 Å². The van der Waals surface area contributed by atoms with Crippen molar-refractivity contribution in [3.8, 4) is 5.75 Å². The van der Waals surface area contributed by atoms with E-state index in [-0.39, 0.29) is 91.0 Å². The summed E-state index contributed by atoms with van der Waals surface area (Å²) in [6.45, 7) is -1.04. The Morgan fingerprint density at radius 2 is 0.714 bits per heavy atom. The summed E-state index contributed by atoms with van der Waals surface area (Å²) in [4.78, 5) is 70.7. The van der Waals surface area contributed by atoms with Gasteiger partial charge in [0.1, 0.15) is 38.2 Å². The van der Waals surface area contributed by atoms with Crippen molar-refractivity contribution in [3.05, 3.63) is 173 Å². The van der Waals surface area contributed by atoms with Crippen LogP contribution in [0.4, 0.5) is 0 Å². The monoisotopic (exact) mass is 859 g/mol. The lowest BCUT2D eigenvalue weighted by atomic mass is 10.0. The van der Waals surface area contributed by atoms with Crippen molar-refractivity contribution < 1.29 is 53.1 Å². The number of carboxylic acids is 1. The summed E-state index contributed by atoms with van der Waals surface area (Å²) in [7, 11) is 0. The van der Waals surface area contributed by atoms with Gasteiger partial charge in [0, 0.05) is 26.2 Å². The first-order valence-electron chi connectivity index (χ1n) is 20.6.